The predicted octanol–water partition coefficient (Wildman–Crippen LogP) is 5.93. The fourth-order valence-corrected chi connectivity index (χ4v) is 4.90. The minimum atomic E-state index is -0.161. The van der Waals surface area contributed by atoms with Gasteiger partial charge < -0.3 is 0 Å². The summed E-state index contributed by atoms with van der Waals surface area (Å²) in [5, 5.41) is 0. The van der Waals surface area contributed by atoms with Crippen LogP contribution < -0.4 is 0 Å². The van der Waals surface area contributed by atoms with E-state index in [1.807, 2.05) is 17.8 Å². The number of ketones is 1. The summed E-state index contributed by atoms with van der Waals surface area (Å²) in [7, 11) is 0. The first-order valence-electron chi connectivity index (χ1n) is 9.06. The molecule has 24 heavy (non-hydrogen) atoms. The lowest BCUT2D eigenvalue weighted by Crippen LogP contribution is -2.21. The third-order valence-electron chi connectivity index (χ3n) is 4.95. The Morgan fingerprint density at radius 3 is 2.42 bits per heavy atom. The number of hydrogen-bond acceptors (Lipinski definition) is 2. The molecule has 0 bridgehead atoms. The van der Waals surface area contributed by atoms with Gasteiger partial charge in [-0.05, 0) is 49.3 Å². The number of unbranched alkanes of at least 4 members (excludes halogenated alkanes) is 1. The summed E-state index contributed by atoms with van der Waals surface area (Å²) in [4.78, 5) is 14.1. The molecule has 3 rings (SSSR count). The Kier molecular flexibility index (Phi) is 5.78. The number of rotatable bonds is 9. The number of Topliss-reactive ketones (excluding diaryl/α,β-unsaturated/α-hetero) is 1. The molecule has 1 aliphatic carbocycles. The minimum absolute atomic E-state index is 0.161. The number of hydrogen-bond donors (Lipinski definition) is 0. The van der Waals surface area contributed by atoms with Gasteiger partial charge in [0.1, 0.15) is 5.78 Å². The van der Waals surface area contributed by atoms with Crippen molar-refractivity contribution in [2.75, 3.05) is 0 Å². The highest BCUT2D eigenvalue weighted by Crippen LogP contribution is 2.59. The molecule has 1 nitrogen and oxygen atoms in total. The number of carbonyl (C=O) groups is 1. The number of aryl methyl sites for hydroxylation is 1. The van der Waals surface area contributed by atoms with Gasteiger partial charge in [-0.25, -0.2) is 0 Å². The molecule has 0 amide bonds. The van der Waals surface area contributed by atoms with Crippen molar-refractivity contribution in [2.45, 2.75) is 55.1 Å². The molecule has 126 valence electrons. The Bertz CT molecular complexity index is 652. The van der Waals surface area contributed by atoms with Crippen LogP contribution in [0.25, 0.3) is 0 Å². The maximum Gasteiger partial charge on any atom is 0.149 e. The van der Waals surface area contributed by atoms with Crippen LogP contribution in [0.1, 0.15) is 44.6 Å². The third-order valence-corrected chi connectivity index (χ3v) is 6.55. The van der Waals surface area contributed by atoms with E-state index in [0.717, 1.165) is 38.5 Å². The molecule has 0 spiro atoms. The summed E-state index contributed by atoms with van der Waals surface area (Å²) in [6, 6.07) is 21.1. The van der Waals surface area contributed by atoms with Crippen molar-refractivity contribution >= 4 is 17.5 Å². The molecule has 2 aromatic carbocycles. The van der Waals surface area contributed by atoms with E-state index >= 15 is 0 Å². The van der Waals surface area contributed by atoms with Gasteiger partial charge in [0.15, 0.2) is 0 Å². The molecule has 0 aliphatic heterocycles. The van der Waals surface area contributed by atoms with E-state index in [9.17, 15) is 4.79 Å². The quantitative estimate of drug-likeness (QED) is 0.563. The standard InChI is InChI=1S/C22H26OS/c1-2-3-14-21(23)22(24-20-12-8-5-9-13-20)17-19(22)16-15-18-10-6-4-7-11-18/h4-13,19H,2-3,14-17H2,1H3/t19-,22+/m0/s1. The molecule has 1 aliphatic rings. The van der Waals surface area contributed by atoms with Crippen molar-refractivity contribution in [3.05, 3.63) is 66.2 Å². The van der Waals surface area contributed by atoms with Gasteiger partial charge in [0.2, 0.25) is 0 Å². The van der Waals surface area contributed by atoms with Crippen LogP contribution in [0.2, 0.25) is 0 Å². The van der Waals surface area contributed by atoms with Crippen LogP contribution in [-0.2, 0) is 11.2 Å². The number of benzene rings is 2. The summed E-state index contributed by atoms with van der Waals surface area (Å²) in [6.07, 6.45) is 6.07. The average molecular weight is 339 g/mol. The van der Waals surface area contributed by atoms with Crippen molar-refractivity contribution in [1.82, 2.24) is 0 Å². The second kappa shape index (κ2) is 8.02. The van der Waals surface area contributed by atoms with Crippen LogP contribution in [0.4, 0.5) is 0 Å². The monoisotopic (exact) mass is 338 g/mol. The molecule has 0 N–H and O–H groups in total. The zero-order valence-electron chi connectivity index (χ0n) is 14.4. The summed E-state index contributed by atoms with van der Waals surface area (Å²) in [5.41, 5.74) is 1.38. The lowest BCUT2D eigenvalue weighted by Gasteiger charge is -2.16. The smallest absolute Gasteiger partial charge is 0.149 e. The highest BCUT2D eigenvalue weighted by atomic mass is 32.2. The first kappa shape index (κ1) is 17.3. The van der Waals surface area contributed by atoms with Crippen LogP contribution in [0.5, 0.6) is 0 Å². The SMILES string of the molecule is CCCCC(=O)[C@@]1(Sc2ccccc2)C[C@@H]1CCc1ccccc1. The molecule has 2 atom stereocenters. The second-order valence-electron chi connectivity index (χ2n) is 6.76. The van der Waals surface area contributed by atoms with E-state index < -0.39 is 0 Å². The van der Waals surface area contributed by atoms with Gasteiger partial charge in [-0.15, -0.1) is 11.8 Å². The minimum Gasteiger partial charge on any atom is -0.298 e. The molecular weight excluding hydrogens is 312 g/mol. The highest BCUT2D eigenvalue weighted by molar-refractivity contribution is 8.01. The second-order valence-corrected chi connectivity index (χ2v) is 8.16. The molecule has 0 unspecified atom stereocenters. The van der Waals surface area contributed by atoms with Crippen LogP contribution in [-0.4, -0.2) is 10.5 Å². The Morgan fingerprint density at radius 1 is 1.08 bits per heavy atom. The summed E-state index contributed by atoms with van der Waals surface area (Å²) in [6.45, 7) is 2.16. The van der Waals surface area contributed by atoms with Gasteiger partial charge in [-0.3, -0.25) is 4.79 Å². The van der Waals surface area contributed by atoms with E-state index in [2.05, 4.69) is 61.5 Å². The van der Waals surface area contributed by atoms with E-state index in [0.29, 0.717) is 11.7 Å². The van der Waals surface area contributed by atoms with Gasteiger partial charge in [0.25, 0.3) is 0 Å². The molecule has 1 saturated carbocycles. The maximum absolute atomic E-state index is 12.9. The topological polar surface area (TPSA) is 17.1 Å². The fourth-order valence-electron chi connectivity index (χ4n) is 3.40. The largest absolute Gasteiger partial charge is 0.298 e. The summed E-state index contributed by atoms with van der Waals surface area (Å²) < 4.78 is -0.161. The van der Waals surface area contributed by atoms with Crippen LogP contribution in [0.3, 0.4) is 0 Å². The van der Waals surface area contributed by atoms with E-state index in [-0.39, 0.29) is 4.75 Å². The fraction of sp³-hybridized carbons (Fsp3) is 0.409. The van der Waals surface area contributed by atoms with Crippen LogP contribution in [0, 0.1) is 5.92 Å². The average Bonchev–Trinajstić information content (AvgIpc) is 3.33. The lowest BCUT2D eigenvalue weighted by molar-refractivity contribution is -0.119. The van der Waals surface area contributed by atoms with Crippen LogP contribution >= 0.6 is 11.8 Å². The molecule has 2 aromatic rings. The Balaban J connectivity index is 1.67. The van der Waals surface area contributed by atoms with Crippen molar-refractivity contribution in [3.63, 3.8) is 0 Å². The maximum atomic E-state index is 12.9. The van der Waals surface area contributed by atoms with Gasteiger partial charge in [-0.2, -0.15) is 0 Å². The predicted molar refractivity (Wildman–Crippen MR) is 102 cm³/mol. The molecule has 0 aromatic heterocycles. The lowest BCUT2D eigenvalue weighted by atomic mass is 10.0. The molecule has 0 radical (unpaired) electrons. The van der Waals surface area contributed by atoms with Gasteiger partial charge in [-0.1, -0.05) is 61.9 Å². The summed E-state index contributed by atoms with van der Waals surface area (Å²) >= 11 is 1.81. The van der Waals surface area contributed by atoms with Gasteiger partial charge in [0, 0.05) is 11.3 Å². The Hall–Kier alpha value is -1.54. The Morgan fingerprint density at radius 2 is 1.75 bits per heavy atom. The highest BCUT2D eigenvalue weighted by Gasteiger charge is 2.59. The Labute approximate surface area is 149 Å². The molecule has 2 heteroatoms. The first-order chi connectivity index (χ1) is 11.7. The third kappa shape index (κ3) is 4.10. The summed E-state index contributed by atoms with van der Waals surface area (Å²) in [5.74, 6) is 0.989. The molecule has 1 fully saturated rings. The van der Waals surface area contributed by atoms with Crippen molar-refractivity contribution in [3.8, 4) is 0 Å². The number of thioether (sulfide) groups is 1. The van der Waals surface area contributed by atoms with Gasteiger partial charge >= 0.3 is 0 Å². The zero-order chi connectivity index (χ0) is 16.8. The van der Waals surface area contributed by atoms with Gasteiger partial charge in [0.05, 0.1) is 4.75 Å². The zero-order valence-corrected chi connectivity index (χ0v) is 15.2. The molecule has 0 saturated heterocycles. The van der Waals surface area contributed by atoms with Crippen molar-refractivity contribution < 1.29 is 4.79 Å². The molecule has 0 heterocycles. The van der Waals surface area contributed by atoms with Crippen molar-refractivity contribution in [2.24, 2.45) is 5.92 Å². The van der Waals surface area contributed by atoms with Crippen LogP contribution in [0.15, 0.2) is 65.6 Å². The van der Waals surface area contributed by atoms with E-state index in [1.54, 1.807) is 0 Å². The van der Waals surface area contributed by atoms with E-state index in [4.69, 9.17) is 0 Å². The first-order valence-corrected chi connectivity index (χ1v) is 9.87. The normalized spacial score (nSPS) is 22.3. The van der Waals surface area contributed by atoms with E-state index in [1.165, 1.54) is 10.5 Å². The number of carbonyl (C=O) groups excluding carboxylic acids is 1. The molecular formula is C22H26OS. The van der Waals surface area contributed by atoms with Crippen molar-refractivity contribution in [1.29, 1.82) is 0 Å².